The van der Waals surface area contributed by atoms with Crippen LogP contribution in [0.5, 0.6) is 0 Å². The van der Waals surface area contributed by atoms with E-state index in [-0.39, 0.29) is 0 Å². The van der Waals surface area contributed by atoms with Crippen molar-refractivity contribution in [1.29, 1.82) is 10.5 Å². The highest BCUT2D eigenvalue weighted by Gasteiger charge is 2.32. The second-order valence-corrected chi connectivity index (χ2v) is 13.5. The number of aromatic nitrogens is 3. The molecule has 0 fully saturated rings. The zero-order valence-corrected chi connectivity index (χ0v) is 30.0. The number of fused-ring (bicyclic) bond motifs is 3. The average molecular weight is 744 g/mol. The van der Waals surface area contributed by atoms with E-state index in [2.05, 4.69) is 12.1 Å². The molecule has 0 saturated heterocycles. The van der Waals surface area contributed by atoms with Crippen LogP contribution >= 0.6 is 0 Å². The van der Waals surface area contributed by atoms with E-state index in [1.54, 1.807) is 30.3 Å². The monoisotopic (exact) mass is 743 g/mol. The van der Waals surface area contributed by atoms with Crippen LogP contribution in [-0.4, -0.2) is 14.5 Å². The van der Waals surface area contributed by atoms with E-state index in [1.807, 2.05) is 126 Å². The summed E-state index contributed by atoms with van der Waals surface area (Å²) in [6.07, 6.45) is -4.55. The number of hydrogen-bond acceptors (Lipinski definition) is 4. The van der Waals surface area contributed by atoms with E-state index in [1.165, 1.54) is 12.1 Å². The Hall–Kier alpha value is -7.81. The van der Waals surface area contributed by atoms with E-state index >= 15 is 0 Å². The molecule has 9 aromatic rings. The van der Waals surface area contributed by atoms with Crippen molar-refractivity contribution < 1.29 is 13.2 Å². The Morgan fingerprint density at radius 1 is 0.456 bits per heavy atom. The average Bonchev–Trinajstić information content (AvgIpc) is 3.59. The van der Waals surface area contributed by atoms with E-state index < -0.39 is 11.7 Å². The van der Waals surface area contributed by atoms with Crippen molar-refractivity contribution in [3.8, 4) is 74.0 Å². The molecule has 2 aromatic heterocycles. The van der Waals surface area contributed by atoms with Crippen LogP contribution in [0.25, 0.3) is 83.6 Å². The molecule has 0 aliphatic heterocycles. The highest BCUT2D eigenvalue weighted by atomic mass is 19.4. The first kappa shape index (κ1) is 34.9. The number of rotatable bonds is 6. The molecule has 0 spiro atoms. The van der Waals surface area contributed by atoms with Gasteiger partial charge in [-0.2, -0.15) is 23.7 Å². The molecule has 0 unspecified atom stereocenters. The summed E-state index contributed by atoms with van der Waals surface area (Å²) in [5.74, 6) is 0.511. The molecule has 9 rings (SSSR count). The zero-order valence-electron chi connectivity index (χ0n) is 30.0. The highest BCUT2D eigenvalue weighted by molar-refractivity contribution is 6.11. The maximum Gasteiger partial charge on any atom is 0.416 e. The van der Waals surface area contributed by atoms with Gasteiger partial charge >= 0.3 is 6.18 Å². The van der Waals surface area contributed by atoms with Gasteiger partial charge in [-0.3, -0.25) is 0 Å². The van der Waals surface area contributed by atoms with Gasteiger partial charge in [-0.1, -0.05) is 115 Å². The zero-order chi connectivity index (χ0) is 39.1. The second kappa shape index (κ2) is 14.1. The number of nitrogens with zero attached hydrogens (tertiary/aromatic N) is 5. The number of nitriles is 2. The van der Waals surface area contributed by atoms with Crippen LogP contribution in [0.3, 0.4) is 0 Å². The van der Waals surface area contributed by atoms with E-state index in [0.717, 1.165) is 17.2 Å². The minimum Gasteiger partial charge on any atom is -0.308 e. The summed E-state index contributed by atoms with van der Waals surface area (Å²) >= 11 is 0. The fraction of sp³-hybridized carbons (Fsp3) is 0.0204. The number of hydrogen-bond donors (Lipinski definition) is 0. The van der Waals surface area contributed by atoms with Gasteiger partial charge in [0.1, 0.15) is 0 Å². The highest BCUT2D eigenvalue weighted by Crippen LogP contribution is 2.46. The van der Waals surface area contributed by atoms with Gasteiger partial charge < -0.3 is 4.57 Å². The van der Waals surface area contributed by atoms with Gasteiger partial charge in [-0.25, -0.2) is 9.97 Å². The van der Waals surface area contributed by atoms with E-state index in [0.29, 0.717) is 83.6 Å². The lowest BCUT2D eigenvalue weighted by Gasteiger charge is -2.22. The van der Waals surface area contributed by atoms with Crippen molar-refractivity contribution in [2.75, 3.05) is 0 Å². The minimum absolute atomic E-state index is 0.396. The van der Waals surface area contributed by atoms with Crippen LogP contribution in [0.4, 0.5) is 13.2 Å². The molecule has 0 atom stereocenters. The first-order valence-electron chi connectivity index (χ1n) is 18.1. The Morgan fingerprint density at radius 3 is 1.56 bits per heavy atom. The quantitative estimate of drug-likeness (QED) is 0.170. The summed E-state index contributed by atoms with van der Waals surface area (Å²) in [7, 11) is 0. The Labute approximate surface area is 325 Å². The van der Waals surface area contributed by atoms with Crippen LogP contribution < -0.4 is 0 Å². The predicted molar refractivity (Wildman–Crippen MR) is 218 cm³/mol. The topological polar surface area (TPSA) is 78.3 Å². The molecular formula is C49H28F3N5. The molecule has 0 aliphatic carbocycles. The molecule has 0 bridgehead atoms. The van der Waals surface area contributed by atoms with Crippen LogP contribution in [0.2, 0.25) is 0 Å². The summed E-state index contributed by atoms with van der Waals surface area (Å²) in [6.45, 7) is 0. The lowest BCUT2D eigenvalue weighted by Crippen LogP contribution is -2.05. The fourth-order valence-corrected chi connectivity index (χ4v) is 7.52. The molecule has 270 valence electrons. The Balaban J connectivity index is 1.45. The van der Waals surface area contributed by atoms with E-state index in [9.17, 15) is 23.7 Å². The number of para-hydroxylation sites is 1. The van der Waals surface area contributed by atoms with Gasteiger partial charge in [0.25, 0.3) is 0 Å². The lowest BCUT2D eigenvalue weighted by atomic mass is 9.88. The smallest absolute Gasteiger partial charge is 0.308 e. The first-order valence-corrected chi connectivity index (χ1v) is 18.1. The number of halogens is 3. The normalized spacial score (nSPS) is 11.4. The molecule has 0 aliphatic rings. The van der Waals surface area contributed by atoms with Crippen LogP contribution in [0, 0.1) is 22.7 Å². The van der Waals surface area contributed by atoms with Gasteiger partial charge in [-0.05, 0) is 54.6 Å². The summed E-state index contributed by atoms with van der Waals surface area (Å²) in [6, 6.07) is 55.7. The van der Waals surface area contributed by atoms with Crippen LogP contribution in [-0.2, 0) is 6.18 Å². The summed E-state index contributed by atoms with van der Waals surface area (Å²) < 4.78 is 44.5. The van der Waals surface area contributed by atoms with Crippen molar-refractivity contribution in [1.82, 2.24) is 14.5 Å². The lowest BCUT2D eigenvalue weighted by molar-refractivity contribution is -0.137. The number of benzene rings is 7. The minimum atomic E-state index is -4.55. The molecule has 0 N–H and O–H groups in total. The van der Waals surface area contributed by atoms with Crippen molar-refractivity contribution in [2.45, 2.75) is 6.18 Å². The molecule has 0 amide bonds. The summed E-state index contributed by atoms with van der Waals surface area (Å²) in [4.78, 5) is 10.1. The van der Waals surface area contributed by atoms with Crippen molar-refractivity contribution in [2.24, 2.45) is 0 Å². The van der Waals surface area contributed by atoms with Gasteiger partial charge in [-0.15, -0.1) is 0 Å². The third kappa shape index (κ3) is 6.26. The standard InChI is InChI=1S/C49H28F3N5/c50-49(51,52)36-23-24-46-40(27-36)39-21-11-12-22-45(39)57(46)47-41(37-19-9-7-17-33(37)29-53)25-35(26-42(47)38-20-10-8-18-34(38)30-54)44-28-43(31-13-3-1-4-14-31)55-48(56-44)32-15-5-2-6-16-32/h1-28H. The molecular weight excluding hydrogens is 716 g/mol. The molecule has 57 heavy (non-hydrogen) atoms. The van der Waals surface area contributed by atoms with Crippen molar-refractivity contribution in [3.63, 3.8) is 0 Å². The maximum atomic E-state index is 14.2. The Bertz CT molecular complexity index is 2950. The summed E-state index contributed by atoms with van der Waals surface area (Å²) in [5.41, 5.74) is 7.95. The third-order valence-corrected chi connectivity index (χ3v) is 10.1. The third-order valence-electron chi connectivity index (χ3n) is 10.1. The van der Waals surface area contributed by atoms with Gasteiger partial charge in [0.15, 0.2) is 5.82 Å². The Kier molecular flexibility index (Phi) is 8.65. The van der Waals surface area contributed by atoms with Gasteiger partial charge in [0.2, 0.25) is 0 Å². The number of alkyl halides is 3. The van der Waals surface area contributed by atoms with E-state index in [4.69, 9.17) is 9.97 Å². The Morgan fingerprint density at radius 2 is 0.965 bits per heavy atom. The van der Waals surface area contributed by atoms with Crippen molar-refractivity contribution >= 4 is 21.8 Å². The van der Waals surface area contributed by atoms with Crippen LogP contribution in [0.1, 0.15) is 16.7 Å². The van der Waals surface area contributed by atoms with Gasteiger partial charge in [0, 0.05) is 49.7 Å². The maximum absolute atomic E-state index is 14.2. The molecule has 7 aromatic carbocycles. The molecule has 0 radical (unpaired) electrons. The fourth-order valence-electron chi connectivity index (χ4n) is 7.52. The SMILES string of the molecule is N#Cc1ccccc1-c1cc(-c2cc(-c3ccccc3)nc(-c3ccccc3)n2)cc(-c2ccccc2C#N)c1-n1c2ccccc2c2cc(C(F)(F)F)ccc21. The first-order chi connectivity index (χ1) is 27.8. The molecule has 0 saturated carbocycles. The van der Waals surface area contributed by atoms with Gasteiger partial charge in [0.05, 0.1) is 56.9 Å². The summed E-state index contributed by atoms with van der Waals surface area (Å²) in [5, 5.41) is 22.0. The largest absolute Gasteiger partial charge is 0.416 e. The molecule has 2 heterocycles. The van der Waals surface area contributed by atoms with Crippen molar-refractivity contribution in [3.05, 3.63) is 187 Å². The molecule has 5 nitrogen and oxygen atoms in total. The predicted octanol–water partition coefficient (Wildman–Crippen LogP) is 12.7. The van der Waals surface area contributed by atoms with Crippen LogP contribution in [0.15, 0.2) is 170 Å². The second-order valence-electron chi connectivity index (χ2n) is 13.5. The molecule has 8 heteroatoms.